The zero-order valence-electron chi connectivity index (χ0n) is 13.0. The van der Waals surface area contributed by atoms with Crippen LogP contribution in [0.2, 0.25) is 0 Å². The summed E-state index contributed by atoms with van der Waals surface area (Å²) in [5.41, 5.74) is 1.88. The molecule has 2 aliphatic heterocycles. The van der Waals surface area contributed by atoms with E-state index in [1.54, 1.807) is 0 Å². The van der Waals surface area contributed by atoms with E-state index in [1.165, 1.54) is 38.6 Å². The van der Waals surface area contributed by atoms with Gasteiger partial charge in [-0.1, -0.05) is 12.1 Å². The van der Waals surface area contributed by atoms with E-state index >= 15 is 0 Å². The van der Waals surface area contributed by atoms with Crippen molar-refractivity contribution in [2.45, 2.75) is 44.1 Å². The van der Waals surface area contributed by atoms with Crippen molar-refractivity contribution in [2.75, 3.05) is 26.2 Å². The first kappa shape index (κ1) is 14.2. The lowest BCUT2D eigenvalue weighted by Gasteiger charge is -2.34. The van der Waals surface area contributed by atoms with Gasteiger partial charge in [0.05, 0.1) is 6.10 Å². The molecule has 4 nitrogen and oxygen atoms in total. The number of aromatic nitrogens is 1. The Bertz CT molecular complexity index is 585. The van der Waals surface area contributed by atoms with Crippen LogP contribution in [0.3, 0.4) is 0 Å². The molecule has 118 valence electrons. The van der Waals surface area contributed by atoms with Crippen LogP contribution < -0.4 is 0 Å². The van der Waals surface area contributed by atoms with Gasteiger partial charge in [0.25, 0.3) is 0 Å². The molecule has 1 aromatic carbocycles. The van der Waals surface area contributed by atoms with Crippen molar-refractivity contribution in [1.82, 2.24) is 9.88 Å². The van der Waals surface area contributed by atoms with Gasteiger partial charge in [-0.05, 0) is 50.8 Å². The molecule has 0 amide bonds. The number of hydrogen-bond acceptors (Lipinski definition) is 4. The third kappa shape index (κ3) is 3.03. The van der Waals surface area contributed by atoms with Crippen LogP contribution in [-0.4, -0.2) is 42.2 Å². The first-order valence-electron chi connectivity index (χ1n) is 8.58. The molecule has 0 aliphatic carbocycles. The van der Waals surface area contributed by atoms with Crippen LogP contribution in [0.15, 0.2) is 28.7 Å². The van der Waals surface area contributed by atoms with Crippen LogP contribution in [0.5, 0.6) is 0 Å². The maximum Gasteiger partial charge on any atom is 0.199 e. The molecule has 2 saturated heterocycles. The highest BCUT2D eigenvalue weighted by Gasteiger charge is 2.27. The summed E-state index contributed by atoms with van der Waals surface area (Å²) in [6.07, 6.45) is 6.57. The van der Waals surface area contributed by atoms with Crippen LogP contribution in [0, 0.1) is 0 Å². The summed E-state index contributed by atoms with van der Waals surface area (Å²) in [5, 5.41) is 0. The lowest BCUT2D eigenvalue weighted by molar-refractivity contribution is -0.0106. The van der Waals surface area contributed by atoms with Crippen molar-refractivity contribution in [3.8, 4) is 0 Å². The largest absolute Gasteiger partial charge is 0.440 e. The van der Waals surface area contributed by atoms with E-state index in [0.717, 1.165) is 36.7 Å². The predicted octanol–water partition coefficient (Wildman–Crippen LogP) is 3.58. The highest BCUT2D eigenvalue weighted by Crippen LogP contribution is 2.29. The highest BCUT2D eigenvalue weighted by atomic mass is 16.5. The Morgan fingerprint density at radius 1 is 1.14 bits per heavy atom. The van der Waals surface area contributed by atoms with Gasteiger partial charge in [-0.15, -0.1) is 0 Å². The fourth-order valence-electron chi connectivity index (χ4n) is 3.73. The maximum absolute atomic E-state index is 5.98. The van der Waals surface area contributed by atoms with Gasteiger partial charge < -0.3 is 9.15 Å². The van der Waals surface area contributed by atoms with Gasteiger partial charge in [0.1, 0.15) is 5.52 Å². The predicted molar refractivity (Wildman–Crippen MR) is 86.0 cm³/mol. The minimum atomic E-state index is 0.421. The van der Waals surface area contributed by atoms with E-state index in [9.17, 15) is 0 Å². The molecule has 22 heavy (non-hydrogen) atoms. The van der Waals surface area contributed by atoms with Crippen LogP contribution in [-0.2, 0) is 4.74 Å². The van der Waals surface area contributed by atoms with E-state index < -0.39 is 0 Å². The zero-order valence-corrected chi connectivity index (χ0v) is 13.0. The molecule has 0 spiro atoms. The minimum Gasteiger partial charge on any atom is -0.440 e. The first-order valence-corrected chi connectivity index (χ1v) is 8.58. The Hall–Kier alpha value is -1.39. The lowest BCUT2D eigenvalue weighted by Crippen LogP contribution is -2.41. The summed E-state index contributed by atoms with van der Waals surface area (Å²) >= 11 is 0. The summed E-state index contributed by atoms with van der Waals surface area (Å²) < 4.78 is 11.9. The normalized spacial score (nSPS) is 27.3. The Balaban J connectivity index is 1.43. The third-order valence-electron chi connectivity index (χ3n) is 4.90. The smallest absolute Gasteiger partial charge is 0.199 e. The summed E-state index contributed by atoms with van der Waals surface area (Å²) in [6.45, 7) is 4.23. The van der Waals surface area contributed by atoms with Crippen LogP contribution >= 0.6 is 0 Å². The number of para-hydroxylation sites is 2. The van der Waals surface area contributed by atoms with Gasteiger partial charge in [0.15, 0.2) is 11.5 Å². The topological polar surface area (TPSA) is 38.5 Å². The number of piperidine rings is 1. The number of nitrogens with zero attached hydrogens (tertiary/aromatic N) is 2. The standard InChI is InChI=1S/C18H24N2O2/c1-2-9-17-16(8-1)19-18(22-17)14-6-5-10-20(12-14)13-15-7-3-4-11-21-15/h1-2,8-9,14-15H,3-7,10-13H2/t14-,15+/m1/s1. The molecule has 2 atom stereocenters. The number of ether oxygens (including phenoxy) is 1. The molecule has 0 unspecified atom stereocenters. The fourth-order valence-corrected chi connectivity index (χ4v) is 3.73. The second-order valence-electron chi connectivity index (χ2n) is 6.61. The average Bonchev–Trinajstić information content (AvgIpc) is 3.00. The van der Waals surface area contributed by atoms with Crippen LogP contribution in [0.4, 0.5) is 0 Å². The van der Waals surface area contributed by atoms with Gasteiger partial charge in [-0.3, -0.25) is 4.90 Å². The molecule has 0 bridgehead atoms. The van der Waals surface area contributed by atoms with Gasteiger partial charge in [-0.2, -0.15) is 0 Å². The van der Waals surface area contributed by atoms with Crippen molar-refractivity contribution in [3.05, 3.63) is 30.2 Å². The first-order chi connectivity index (χ1) is 10.9. The fraction of sp³-hybridized carbons (Fsp3) is 0.611. The molecule has 0 radical (unpaired) electrons. The number of benzene rings is 1. The van der Waals surface area contributed by atoms with E-state index in [-0.39, 0.29) is 0 Å². The summed E-state index contributed by atoms with van der Waals surface area (Å²) in [6, 6.07) is 8.05. The molecule has 2 aromatic rings. The Labute approximate surface area is 131 Å². The lowest BCUT2D eigenvalue weighted by atomic mass is 9.97. The monoisotopic (exact) mass is 300 g/mol. The molecule has 0 N–H and O–H groups in total. The molecule has 4 heteroatoms. The van der Waals surface area contributed by atoms with E-state index in [4.69, 9.17) is 14.1 Å². The van der Waals surface area contributed by atoms with Gasteiger partial charge in [-0.25, -0.2) is 4.98 Å². The van der Waals surface area contributed by atoms with Crippen LogP contribution in [0.25, 0.3) is 11.1 Å². The minimum absolute atomic E-state index is 0.421. The van der Waals surface area contributed by atoms with Gasteiger partial charge in [0.2, 0.25) is 0 Å². The Kier molecular flexibility index (Phi) is 4.13. The molecule has 4 rings (SSSR count). The van der Waals surface area contributed by atoms with Crippen molar-refractivity contribution in [3.63, 3.8) is 0 Å². The SMILES string of the molecule is c1ccc2oc([C@@H]3CCCN(C[C@@H]4CCCCO4)C3)nc2c1. The number of fused-ring (bicyclic) bond motifs is 1. The Morgan fingerprint density at radius 2 is 2.09 bits per heavy atom. The maximum atomic E-state index is 5.98. The van der Waals surface area contributed by atoms with E-state index in [0.29, 0.717) is 12.0 Å². The number of hydrogen-bond donors (Lipinski definition) is 0. The molecular weight excluding hydrogens is 276 g/mol. The van der Waals surface area contributed by atoms with E-state index in [2.05, 4.69) is 4.90 Å². The highest BCUT2D eigenvalue weighted by molar-refractivity contribution is 5.72. The average molecular weight is 300 g/mol. The van der Waals surface area contributed by atoms with Gasteiger partial charge >= 0.3 is 0 Å². The van der Waals surface area contributed by atoms with Crippen molar-refractivity contribution in [2.24, 2.45) is 0 Å². The summed E-state index contributed by atoms with van der Waals surface area (Å²) in [4.78, 5) is 7.23. The number of oxazole rings is 1. The molecule has 2 fully saturated rings. The zero-order chi connectivity index (χ0) is 14.8. The van der Waals surface area contributed by atoms with E-state index in [1.807, 2.05) is 24.3 Å². The molecular formula is C18H24N2O2. The summed E-state index contributed by atoms with van der Waals surface area (Å²) in [7, 11) is 0. The van der Waals surface area contributed by atoms with Crippen molar-refractivity contribution in [1.29, 1.82) is 0 Å². The third-order valence-corrected chi connectivity index (χ3v) is 4.90. The summed E-state index contributed by atoms with van der Waals surface area (Å²) in [5.74, 6) is 1.33. The van der Waals surface area contributed by atoms with Crippen LogP contribution in [0.1, 0.15) is 43.9 Å². The molecule has 3 heterocycles. The molecule has 1 aromatic heterocycles. The molecule has 2 aliphatic rings. The Morgan fingerprint density at radius 3 is 2.95 bits per heavy atom. The van der Waals surface area contributed by atoms with Crippen molar-refractivity contribution >= 4 is 11.1 Å². The second kappa shape index (κ2) is 6.39. The number of rotatable bonds is 3. The van der Waals surface area contributed by atoms with Gasteiger partial charge in [0, 0.05) is 25.6 Å². The number of likely N-dealkylation sites (tertiary alicyclic amines) is 1. The quantitative estimate of drug-likeness (QED) is 0.868. The molecule has 0 saturated carbocycles. The van der Waals surface area contributed by atoms with Crippen molar-refractivity contribution < 1.29 is 9.15 Å². The second-order valence-corrected chi connectivity index (χ2v) is 6.61.